The summed E-state index contributed by atoms with van der Waals surface area (Å²) < 4.78 is 15.4. The van der Waals surface area contributed by atoms with Crippen LogP contribution < -0.4 is 14.2 Å². The lowest BCUT2D eigenvalue weighted by atomic mass is 10.1. The Kier molecular flexibility index (Phi) is 5.51. The summed E-state index contributed by atoms with van der Waals surface area (Å²) in [6.07, 6.45) is 2.77. The van der Waals surface area contributed by atoms with Gasteiger partial charge in [-0.25, -0.2) is 4.79 Å². The second-order valence-corrected chi connectivity index (χ2v) is 4.61. The molecule has 0 unspecified atom stereocenters. The van der Waals surface area contributed by atoms with E-state index in [4.69, 9.17) is 14.2 Å². The number of hydrogen-bond donors (Lipinski definition) is 0. The zero-order chi connectivity index (χ0) is 17.5. The Morgan fingerprint density at radius 2 is 1.71 bits per heavy atom. The average Bonchev–Trinajstić information content (AvgIpc) is 2.60. The zero-order valence-corrected chi connectivity index (χ0v) is 13.1. The van der Waals surface area contributed by atoms with E-state index >= 15 is 0 Å². The molecule has 0 fully saturated rings. The highest BCUT2D eigenvalue weighted by atomic mass is 16.6. The normalized spacial score (nSPS) is 10.4. The van der Waals surface area contributed by atoms with Crippen molar-refractivity contribution in [2.24, 2.45) is 0 Å². The third kappa shape index (κ3) is 4.33. The van der Waals surface area contributed by atoms with Crippen LogP contribution in [0.2, 0.25) is 0 Å². The number of rotatable bonds is 6. The molecule has 0 spiro atoms. The van der Waals surface area contributed by atoms with Gasteiger partial charge in [-0.2, -0.15) is 0 Å². The Bertz CT molecular complexity index is 767. The van der Waals surface area contributed by atoms with Gasteiger partial charge in [-0.1, -0.05) is 0 Å². The molecule has 0 aliphatic rings. The van der Waals surface area contributed by atoms with Gasteiger partial charge in [0.15, 0.2) is 0 Å². The zero-order valence-electron chi connectivity index (χ0n) is 13.1. The summed E-state index contributed by atoms with van der Waals surface area (Å²) in [4.78, 5) is 21.9. The molecule has 0 amide bonds. The number of carbonyl (C=O) groups excluding carboxylic acids is 1. The van der Waals surface area contributed by atoms with E-state index < -0.39 is 10.9 Å². The van der Waals surface area contributed by atoms with E-state index in [1.165, 1.54) is 50.6 Å². The molecule has 2 aromatic carbocycles. The molecule has 124 valence electrons. The fourth-order valence-electron chi connectivity index (χ4n) is 1.91. The molecule has 7 heteroatoms. The van der Waals surface area contributed by atoms with Crippen molar-refractivity contribution in [3.8, 4) is 17.2 Å². The van der Waals surface area contributed by atoms with Crippen LogP contribution in [0.5, 0.6) is 17.2 Å². The largest absolute Gasteiger partial charge is 0.497 e. The predicted molar refractivity (Wildman–Crippen MR) is 87.3 cm³/mol. The van der Waals surface area contributed by atoms with E-state index in [0.29, 0.717) is 17.1 Å². The first-order valence-corrected chi connectivity index (χ1v) is 6.90. The average molecular weight is 329 g/mol. The van der Waals surface area contributed by atoms with Gasteiger partial charge in [-0.3, -0.25) is 10.1 Å². The second-order valence-electron chi connectivity index (χ2n) is 4.61. The molecule has 2 aromatic rings. The maximum Gasteiger partial charge on any atom is 0.336 e. The van der Waals surface area contributed by atoms with Crippen LogP contribution in [0.3, 0.4) is 0 Å². The molecule has 0 heterocycles. The molecule has 0 aromatic heterocycles. The van der Waals surface area contributed by atoms with Crippen molar-refractivity contribution >= 4 is 17.7 Å². The Labute approximate surface area is 138 Å². The molecule has 0 saturated carbocycles. The van der Waals surface area contributed by atoms with Crippen LogP contribution in [-0.2, 0) is 4.79 Å². The molecule has 0 N–H and O–H groups in total. The Hall–Kier alpha value is -3.35. The quantitative estimate of drug-likeness (QED) is 0.266. The Morgan fingerprint density at radius 1 is 1.04 bits per heavy atom. The van der Waals surface area contributed by atoms with Crippen LogP contribution in [0, 0.1) is 10.1 Å². The van der Waals surface area contributed by atoms with Gasteiger partial charge in [0.05, 0.1) is 19.1 Å². The lowest BCUT2D eigenvalue weighted by Gasteiger charge is -2.07. The summed E-state index contributed by atoms with van der Waals surface area (Å²) in [5, 5.41) is 10.6. The first-order chi connectivity index (χ1) is 11.5. The molecule has 0 aliphatic heterocycles. The number of nitro groups is 1. The first-order valence-electron chi connectivity index (χ1n) is 6.90. The van der Waals surface area contributed by atoms with Gasteiger partial charge in [0, 0.05) is 23.8 Å². The third-order valence-corrected chi connectivity index (χ3v) is 3.10. The van der Waals surface area contributed by atoms with Crippen molar-refractivity contribution in [2.75, 3.05) is 14.2 Å². The van der Waals surface area contributed by atoms with Gasteiger partial charge >= 0.3 is 5.97 Å². The highest BCUT2D eigenvalue weighted by Crippen LogP contribution is 2.25. The molecule has 0 saturated heterocycles. The number of nitrogens with zero attached hydrogens (tertiary/aromatic N) is 1. The van der Waals surface area contributed by atoms with Gasteiger partial charge in [-0.15, -0.1) is 0 Å². The molecule has 0 bridgehead atoms. The molecular weight excluding hydrogens is 314 g/mol. The van der Waals surface area contributed by atoms with E-state index in [1.807, 2.05) is 0 Å². The minimum atomic E-state index is -0.617. The van der Waals surface area contributed by atoms with E-state index in [0.717, 1.165) is 0 Å². The molecule has 24 heavy (non-hydrogen) atoms. The number of ether oxygens (including phenoxy) is 3. The van der Waals surface area contributed by atoms with Gasteiger partial charge in [-0.05, 0) is 36.4 Å². The number of non-ortho nitro benzene ring substituents is 1. The fourth-order valence-corrected chi connectivity index (χ4v) is 1.91. The maximum atomic E-state index is 11.8. The van der Waals surface area contributed by atoms with Gasteiger partial charge in [0.25, 0.3) is 5.69 Å². The van der Waals surface area contributed by atoms with Crippen molar-refractivity contribution in [2.45, 2.75) is 0 Å². The Balaban J connectivity index is 2.08. The van der Waals surface area contributed by atoms with Crippen molar-refractivity contribution in [1.29, 1.82) is 0 Å². The summed E-state index contributed by atoms with van der Waals surface area (Å²) in [5.41, 5.74) is 0.573. The van der Waals surface area contributed by atoms with Gasteiger partial charge in [0.1, 0.15) is 17.2 Å². The van der Waals surface area contributed by atoms with E-state index in [9.17, 15) is 14.9 Å². The van der Waals surface area contributed by atoms with Gasteiger partial charge in [0.2, 0.25) is 0 Å². The summed E-state index contributed by atoms with van der Waals surface area (Å²) in [6.45, 7) is 0. The van der Waals surface area contributed by atoms with E-state index in [2.05, 4.69) is 0 Å². The molecule has 0 radical (unpaired) electrons. The van der Waals surface area contributed by atoms with Crippen LogP contribution in [0.1, 0.15) is 5.56 Å². The minimum absolute atomic E-state index is 0.0774. The van der Waals surface area contributed by atoms with Crippen molar-refractivity contribution in [3.05, 3.63) is 64.2 Å². The minimum Gasteiger partial charge on any atom is -0.497 e. The number of hydrogen-bond acceptors (Lipinski definition) is 6. The number of methoxy groups -OCH3 is 2. The summed E-state index contributed by atoms with van der Waals surface area (Å²) in [7, 11) is 3.06. The van der Waals surface area contributed by atoms with Crippen molar-refractivity contribution in [3.63, 3.8) is 0 Å². The fraction of sp³-hybridized carbons (Fsp3) is 0.118. The van der Waals surface area contributed by atoms with Crippen LogP contribution in [-0.4, -0.2) is 25.1 Å². The van der Waals surface area contributed by atoms with Crippen LogP contribution in [0.15, 0.2) is 48.5 Å². The molecule has 0 aliphatic carbocycles. The van der Waals surface area contributed by atoms with Crippen LogP contribution in [0.4, 0.5) is 5.69 Å². The lowest BCUT2D eigenvalue weighted by molar-refractivity contribution is -0.384. The standard InChI is InChI=1S/C17H15NO6/c1-22-15-8-9-16(23-2)12(11-15)3-10-17(19)24-14-6-4-13(5-7-14)18(20)21/h3-11H,1-2H3/b10-3+. The Morgan fingerprint density at radius 3 is 2.29 bits per heavy atom. The molecule has 2 rings (SSSR count). The topological polar surface area (TPSA) is 87.9 Å². The highest BCUT2D eigenvalue weighted by Gasteiger charge is 2.07. The lowest BCUT2D eigenvalue weighted by Crippen LogP contribution is -2.03. The van der Waals surface area contributed by atoms with Gasteiger partial charge < -0.3 is 14.2 Å². The predicted octanol–water partition coefficient (Wildman–Crippen LogP) is 3.23. The van der Waals surface area contributed by atoms with Crippen LogP contribution >= 0.6 is 0 Å². The summed E-state index contributed by atoms with van der Waals surface area (Å²) in [5.74, 6) is 0.802. The van der Waals surface area contributed by atoms with E-state index in [1.54, 1.807) is 18.2 Å². The number of carbonyl (C=O) groups is 1. The van der Waals surface area contributed by atoms with Crippen molar-refractivity contribution < 1.29 is 23.9 Å². The summed E-state index contributed by atoms with van der Waals surface area (Å²) >= 11 is 0. The number of benzene rings is 2. The molecule has 0 atom stereocenters. The smallest absolute Gasteiger partial charge is 0.336 e. The monoisotopic (exact) mass is 329 g/mol. The highest BCUT2D eigenvalue weighted by molar-refractivity contribution is 5.89. The first kappa shape index (κ1) is 17.0. The van der Waals surface area contributed by atoms with Crippen molar-refractivity contribution in [1.82, 2.24) is 0 Å². The molecule has 7 nitrogen and oxygen atoms in total. The van der Waals surface area contributed by atoms with E-state index in [-0.39, 0.29) is 11.4 Å². The second kappa shape index (κ2) is 7.77. The SMILES string of the molecule is COc1ccc(OC)c(/C=C/C(=O)Oc2ccc([N+](=O)[O-])cc2)c1. The molecular formula is C17H15NO6. The maximum absolute atomic E-state index is 11.8. The number of nitro benzene ring substituents is 1. The number of esters is 1. The summed E-state index contributed by atoms with van der Waals surface area (Å²) in [6, 6.07) is 10.4. The van der Waals surface area contributed by atoms with Crippen LogP contribution in [0.25, 0.3) is 6.08 Å². The third-order valence-electron chi connectivity index (χ3n) is 3.10.